The summed E-state index contributed by atoms with van der Waals surface area (Å²) in [6.45, 7) is -0.473. The maximum atomic E-state index is 12.0. The lowest BCUT2D eigenvalue weighted by atomic mass is 9.97. The minimum absolute atomic E-state index is 0.198. The number of nitrogens with one attached hydrogen (secondary N) is 1. The van der Waals surface area contributed by atoms with Crippen molar-refractivity contribution < 1.29 is 19.1 Å². The molecule has 0 unspecified atom stereocenters. The molecule has 3 rings (SSSR count). The van der Waals surface area contributed by atoms with Crippen molar-refractivity contribution in [2.75, 3.05) is 13.2 Å². The molecular formula is C22H27NO4. The van der Waals surface area contributed by atoms with Crippen LogP contribution in [-0.2, 0) is 14.3 Å². The Morgan fingerprint density at radius 1 is 0.889 bits per heavy atom. The molecule has 144 valence electrons. The number of rotatable bonds is 6. The lowest BCUT2D eigenvalue weighted by Crippen LogP contribution is -2.38. The molecule has 1 saturated carbocycles. The summed E-state index contributed by atoms with van der Waals surface area (Å²) in [5.41, 5.74) is 0. The summed E-state index contributed by atoms with van der Waals surface area (Å²) in [6, 6.07) is 13.7. The van der Waals surface area contributed by atoms with Gasteiger partial charge in [0.15, 0.2) is 13.2 Å². The lowest BCUT2D eigenvalue weighted by molar-refractivity contribution is -0.150. The van der Waals surface area contributed by atoms with Gasteiger partial charge in [0.2, 0.25) is 0 Å². The van der Waals surface area contributed by atoms with E-state index in [1.54, 1.807) is 0 Å². The molecule has 1 fully saturated rings. The molecule has 1 amide bonds. The molecule has 0 saturated heterocycles. The first-order chi connectivity index (χ1) is 13.2. The summed E-state index contributed by atoms with van der Waals surface area (Å²) < 4.78 is 10.6. The van der Waals surface area contributed by atoms with Crippen LogP contribution < -0.4 is 10.1 Å². The molecule has 0 aromatic heterocycles. The lowest BCUT2D eigenvalue weighted by Gasteiger charge is -2.20. The van der Waals surface area contributed by atoms with Gasteiger partial charge >= 0.3 is 5.97 Å². The van der Waals surface area contributed by atoms with Crippen LogP contribution in [0.2, 0.25) is 0 Å². The fraction of sp³-hybridized carbons (Fsp3) is 0.455. The van der Waals surface area contributed by atoms with E-state index in [9.17, 15) is 9.59 Å². The molecule has 0 atom stereocenters. The third kappa shape index (κ3) is 5.98. The van der Waals surface area contributed by atoms with Crippen molar-refractivity contribution in [1.82, 2.24) is 5.32 Å². The standard InChI is InChI=1S/C22H27NO4/c24-21(23-18-11-4-2-1-3-5-12-18)15-27-22(25)16-26-20-14-8-10-17-9-6-7-13-19(17)20/h6-10,13-14,18H,1-5,11-12,15-16H2,(H,23,24). The van der Waals surface area contributed by atoms with E-state index in [4.69, 9.17) is 9.47 Å². The summed E-state index contributed by atoms with van der Waals surface area (Å²) in [7, 11) is 0. The van der Waals surface area contributed by atoms with Crippen LogP contribution >= 0.6 is 0 Å². The zero-order valence-corrected chi connectivity index (χ0v) is 15.6. The fourth-order valence-electron chi connectivity index (χ4n) is 3.52. The minimum atomic E-state index is -0.546. The van der Waals surface area contributed by atoms with Gasteiger partial charge in [0.25, 0.3) is 5.91 Å². The Balaban J connectivity index is 1.42. The normalized spacial score (nSPS) is 15.6. The van der Waals surface area contributed by atoms with E-state index in [1.807, 2.05) is 42.5 Å². The average molecular weight is 369 g/mol. The second kappa shape index (κ2) is 9.95. The Hall–Kier alpha value is -2.56. The molecule has 5 nitrogen and oxygen atoms in total. The van der Waals surface area contributed by atoms with E-state index in [0.717, 1.165) is 36.5 Å². The summed E-state index contributed by atoms with van der Waals surface area (Å²) in [4.78, 5) is 24.0. The Morgan fingerprint density at radius 3 is 2.41 bits per heavy atom. The summed E-state index contributed by atoms with van der Waals surface area (Å²) >= 11 is 0. The van der Waals surface area contributed by atoms with Gasteiger partial charge in [-0.25, -0.2) is 4.79 Å². The number of hydrogen-bond acceptors (Lipinski definition) is 4. The van der Waals surface area contributed by atoms with Crippen LogP contribution in [0.1, 0.15) is 44.9 Å². The highest BCUT2D eigenvalue weighted by molar-refractivity contribution is 5.88. The molecule has 2 aromatic rings. The predicted octanol–water partition coefficient (Wildman–Crippen LogP) is 3.99. The Bertz CT molecular complexity index is 761. The van der Waals surface area contributed by atoms with Crippen LogP contribution in [0, 0.1) is 0 Å². The first kappa shape index (κ1) is 19.2. The Kier molecular flexibility index (Phi) is 7.08. The van der Waals surface area contributed by atoms with Crippen molar-refractivity contribution >= 4 is 22.6 Å². The Labute approximate surface area is 160 Å². The van der Waals surface area contributed by atoms with Gasteiger partial charge in [-0.2, -0.15) is 0 Å². The van der Waals surface area contributed by atoms with Crippen LogP contribution in [0.5, 0.6) is 5.75 Å². The van der Waals surface area contributed by atoms with E-state index in [2.05, 4.69) is 5.32 Å². The monoisotopic (exact) mass is 369 g/mol. The number of carbonyl (C=O) groups is 2. The molecule has 1 aliphatic carbocycles. The van der Waals surface area contributed by atoms with Crippen molar-refractivity contribution in [2.45, 2.75) is 51.0 Å². The summed E-state index contributed by atoms with van der Waals surface area (Å²) in [6.07, 6.45) is 8.04. The van der Waals surface area contributed by atoms with Crippen molar-refractivity contribution in [1.29, 1.82) is 0 Å². The molecule has 0 radical (unpaired) electrons. The maximum Gasteiger partial charge on any atom is 0.344 e. The van der Waals surface area contributed by atoms with Gasteiger partial charge in [0.05, 0.1) is 0 Å². The third-order valence-corrected chi connectivity index (χ3v) is 4.93. The van der Waals surface area contributed by atoms with Crippen LogP contribution in [0.25, 0.3) is 10.8 Å². The second-order valence-corrected chi connectivity index (χ2v) is 7.04. The van der Waals surface area contributed by atoms with Gasteiger partial charge in [-0.1, -0.05) is 68.5 Å². The van der Waals surface area contributed by atoms with E-state index >= 15 is 0 Å². The number of ether oxygens (including phenoxy) is 2. The van der Waals surface area contributed by atoms with Gasteiger partial charge in [0.1, 0.15) is 5.75 Å². The maximum absolute atomic E-state index is 12.0. The van der Waals surface area contributed by atoms with Crippen molar-refractivity contribution in [3.05, 3.63) is 42.5 Å². The van der Waals surface area contributed by atoms with Gasteiger partial charge in [-0.3, -0.25) is 4.79 Å². The minimum Gasteiger partial charge on any atom is -0.481 e. The van der Waals surface area contributed by atoms with Crippen molar-refractivity contribution in [3.63, 3.8) is 0 Å². The third-order valence-electron chi connectivity index (χ3n) is 4.93. The van der Waals surface area contributed by atoms with Crippen LogP contribution in [0.15, 0.2) is 42.5 Å². The number of hydrogen-bond donors (Lipinski definition) is 1. The first-order valence-corrected chi connectivity index (χ1v) is 9.78. The predicted molar refractivity (Wildman–Crippen MR) is 105 cm³/mol. The van der Waals surface area contributed by atoms with Crippen molar-refractivity contribution in [3.8, 4) is 5.75 Å². The Morgan fingerprint density at radius 2 is 1.59 bits per heavy atom. The van der Waals surface area contributed by atoms with Crippen LogP contribution in [0.3, 0.4) is 0 Å². The fourth-order valence-corrected chi connectivity index (χ4v) is 3.52. The molecule has 27 heavy (non-hydrogen) atoms. The number of esters is 1. The molecule has 0 bridgehead atoms. The number of amides is 1. The van der Waals surface area contributed by atoms with Crippen LogP contribution in [0.4, 0.5) is 0 Å². The molecule has 2 aromatic carbocycles. The highest BCUT2D eigenvalue weighted by Gasteiger charge is 2.15. The molecule has 0 heterocycles. The summed E-state index contributed by atoms with van der Waals surface area (Å²) in [5, 5.41) is 4.97. The summed E-state index contributed by atoms with van der Waals surface area (Å²) in [5.74, 6) is -0.154. The van der Waals surface area contributed by atoms with Gasteiger partial charge in [-0.15, -0.1) is 0 Å². The average Bonchev–Trinajstić information content (AvgIpc) is 2.66. The molecule has 5 heteroatoms. The SMILES string of the molecule is O=C(COC(=O)COc1cccc2ccccc12)NC1CCCCCCC1. The molecule has 0 aliphatic heterocycles. The van der Waals surface area contributed by atoms with Gasteiger partial charge in [0, 0.05) is 11.4 Å². The zero-order valence-electron chi connectivity index (χ0n) is 15.6. The number of benzene rings is 2. The molecule has 1 aliphatic rings. The smallest absolute Gasteiger partial charge is 0.344 e. The first-order valence-electron chi connectivity index (χ1n) is 9.78. The van der Waals surface area contributed by atoms with E-state index in [1.165, 1.54) is 19.3 Å². The molecule has 1 N–H and O–H groups in total. The van der Waals surface area contributed by atoms with E-state index in [0.29, 0.717) is 5.75 Å². The molecule has 0 spiro atoms. The highest BCUT2D eigenvalue weighted by atomic mass is 16.6. The zero-order chi connectivity index (χ0) is 18.9. The number of carbonyl (C=O) groups excluding carboxylic acids is 2. The van der Waals surface area contributed by atoms with Gasteiger partial charge in [-0.05, 0) is 24.3 Å². The van der Waals surface area contributed by atoms with Crippen LogP contribution in [-0.4, -0.2) is 31.1 Å². The molecular weight excluding hydrogens is 342 g/mol. The van der Waals surface area contributed by atoms with E-state index in [-0.39, 0.29) is 25.2 Å². The highest BCUT2D eigenvalue weighted by Crippen LogP contribution is 2.25. The topological polar surface area (TPSA) is 64.6 Å². The second-order valence-electron chi connectivity index (χ2n) is 7.04. The quantitative estimate of drug-likeness (QED) is 0.782. The van der Waals surface area contributed by atoms with Gasteiger partial charge < -0.3 is 14.8 Å². The number of fused-ring (bicyclic) bond motifs is 1. The van der Waals surface area contributed by atoms with E-state index < -0.39 is 5.97 Å². The largest absolute Gasteiger partial charge is 0.481 e. The van der Waals surface area contributed by atoms with Crippen molar-refractivity contribution in [2.24, 2.45) is 0 Å².